The average molecular weight is 168 g/mol. The lowest BCUT2D eigenvalue weighted by Crippen LogP contribution is -2.15. The van der Waals surface area contributed by atoms with E-state index in [0.29, 0.717) is 11.1 Å². The number of hydrogen-bond donors (Lipinski definition) is 1. The normalized spacial score (nSPS) is 28.1. The molecule has 0 aromatic heterocycles. The summed E-state index contributed by atoms with van der Waals surface area (Å²) < 4.78 is 0.885. The Morgan fingerprint density at radius 1 is 2.00 bits per heavy atom. The molecule has 1 saturated heterocycles. The van der Waals surface area contributed by atoms with Crippen molar-refractivity contribution in [1.29, 1.82) is 0 Å². The van der Waals surface area contributed by atoms with E-state index in [-0.39, 0.29) is 0 Å². The van der Waals surface area contributed by atoms with Crippen molar-refractivity contribution < 1.29 is 0 Å². The first-order valence-electron chi connectivity index (χ1n) is 2.33. The smallest absolute Gasteiger partial charge is 0.134 e. The molecule has 1 fully saturated rings. The van der Waals surface area contributed by atoms with Gasteiger partial charge in [-0.25, -0.2) is 0 Å². The lowest BCUT2D eigenvalue weighted by atomic mass is 10.5. The van der Waals surface area contributed by atoms with Crippen LogP contribution in [0.15, 0.2) is 0 Å². The van der Waals surface area contributed by atoms with Crippen LogP contribution in [0.5, 0.6) is 0 Å². The van der Waals surface area contributed by atoms with E-state index in [2.05, 4.69) is 5.32 Å². The predicted molar refractivity (Wildman–Crippen MR) is 42.7 cm³/mol. The van der Waals surface area contributed by atoms with Crippen molar-refractivity contribution in [3.05, 3.63) is 0 Å². The van der Waals surface area contributed by atoms with Crippen LogP contribution in [-0.4, -0.2) is 22.0 Å². The van der Waals surface area contributed by atoms with E-state index < -0.39 is 0 Å². The molecule has 46 valence electrons. The Hall–Kier alpha value is 0.530. The second-order valence-electron chi connectivity index (χ2n) is 1.56. The average Bonchev–Trinajstić information content (AvgIpc) is 2.14. The number of hydrogen-bond acceptors (Lipinski definition) is 2. The molecule has 0 bridgehead atoms. The van der Waals surface area contributed by atoms with Gasteiger partial charge in [-0.2, -0.15) is 0 Å². The zero-order valence-corrected chi connectivity index (χ0v) is 6.57. The van der Waals surface area contributed by atoms with Crippen LogP contribution in [-0.2, 0) is 0 Å². The van der Waals surface area contributed by atoms with Gasteiger partial charge in [0.1, 0.15) is 4.32 Å². The first-order chi connectivity index (χ1) is 3.83. The highest BCUT2D eigenvalue weighted by Gasteiger charge is 2.17. The predicted octanol–water partition coefficient (Wildman–Crippen LogP) is 1.22. The van der Waals surface area contributed by atoms with Crippen molar-refractivity contribution >= 4 is 39.9 Å². The summed E-state index contributed by atoms with van der Waals surface area (Å²) >= 11 is 12.1. The van der Waals surface area contributed by atoms with Crippen LogP contribution >= 0.6 is 35.6 Å². The summed E-state index contributed by atoms with van der Waals surface area (Å²) in [5.41, 5.74) is 0. The third-order valence-corrected chi connectivity index (χ3v) is 2.93. The fraction of sp³-hybridized carbons (Fsp3) is 0.750. The van der Waals surface area contributed by atoms with Crippen LogP contribution in [0.1, 0.15) is 0 Å². The molecule has 1 aliphatic heterocycles. The molecule has 4 heteroatoms. The Labute approximate surface area is 63.2 Å². The Bertz CT molecular complexity index is 106. The van der Waals surface area contributed by atoms with E-state index in [1.54, 1.807) is 11.8 Å². The molecule has 0 amide bonds. The second kappa shape index (κ2) is 2.90. The minimum Gasteiger partial charge on any atom is -0.370 e. The van der Waals surface area contributed by atoms with Gasteiger partial charge in [0, 0.05) is 17.7 Å². The first-order valence-corrected chi connectivity index (χ1v) is 4.15. The minimum atomic E-state index is 0.504. The summed E-state index contributed by atoms with van der Waals surface area (Å²) in [6.45, 7) is 0.938. The van der Waals surface area contributed by atoms with Crippen molar-refractivity contribution in [2.75, 3.05) is 12.4 Å². The first kappa shape index (κ1) is 6.65. The van der Waals surface area contributed by atoms with E-state index >= 15 is 0 Å². The van der Waals surface area contributed by atoms with Crippen LogP contribution < -0.4 is 5.32 Å². The fourth-order valence-corrected chi connectivity index (χ4v) is 2.01. The van der Waals surface area contributed by atoms with Gasteiger partial charge >= 0.3 is 0 Å². The van der Waals surface area contributed by atoms with E-state index in [1.807, 2.05) is 0 Å². The number of thioether (sulfide) groups is 1. The highest BCUT2D eigenvalue weighted by molar-refractivity contribution is 8.23. The van der Waals surface area contributed by atoms with Crippen molar-refractivity contribution in [2.45, 2.75) is 5.25 Å². The van der Waals surface area contributed by atoms with Gasteiger partial charge in [-0.1, -0.05) is 24.0 Å². The fourth-order valence-electron chi connectivity index (χ4n) is 0.518. The maximum Gasteiger partial charge on any atom is 0.134 e. The van der Waals surface area contributed by atoms with Gasteiger partial charge in [-0.15, -0.1) is 11.6 Å². The maximum atomic E-state index is 5.55. The number of alkyl halides is 1. The van der Waals surface area contributed by atoms with E-state index in [1.165, 1.54) is 0 Å². The Kier molecular flexibility index (Phi) is 2.41. The Balaban J connectivity index is 2.32. The molecular weight excluding hydrogens is 162 g/mol. The third-order valence-electron chi connectivity index (χ3n) is 0.920. The standard InChI is InChI=1S/C4H6ClNS2/c5-1-3-2-6-4(7)8-3/h3H,1-2H2,(H,6,7). The van der Waals surface area contributed by atoms with Gasteiger partial charge in [0.25, 0.3) is 0 Å². The number of thiocarbonyl (C=S) groups is 1. The molecule has 0 aliphatic carbocycles. The van der Waals surface area contributed by atoms with Gasteiger partial charge in [-0.05, 0) is 0 Å². The largest absolute Gasteiger partial charge is 0.370 e. The van der Waals surface area contributed by atoms with Crippen LogP contribution in [0.3, 0.4) is 0 Å². The van der Waals surface area contributed by atoms with Gasteiger partial charge in [0.2, 0.25) is 0 Å². The summed E-state index contributed by atoms with van der Waals surface area (Å²) in [5.74, 6) is 0.692. The molecule has 0 spiro atoms. The van der Waals surface area contributed by atoms with E-state index in [4.69, 9.17) is 23.8 Å². The Morgan fingerprint density at radius 2 is 2.75 bits per heavy atom. The second-order valence-corrected chi connectivity index (χ2v) is 3.85. The van der Waals surface area contributed by atoms with Crippen molar-refractivity contribution in [1.82, 2.24) is 5.32 Å². The van der Waals surface area contributed by atoms with Gasteiger partial charge in [-0.3, -0.25) is 0 Å². The zero-order valence-electron chi connectivity index (χ0n) is 4.19. The van der Waals surface area contributed by atoms with Crippen molar-refractivity contribution in [3.8, 4) is 0 Å². The van der Waals surface area contributed by atoms with Crippen LogP contribution in [0, 0.1) is 0 Å². The van der Waals surface area contributed by atoms with E-state index in [0.717, 1.165) is 10.9 Å². The summed E-state index contributed by atoms with van der Waals surface area (Å²) in [4.78, 5) is 0. The Morgan fingerprint density at radius 3 is 3.00 bits per heavy atom. The highest BCUT2D eigenvalue weighted by atomic mass is 35.5. The molecule has 1 aliphatic rings. The summed E-state index contributed by atoms with van der Waals surface area (Å²) in [6, 6.07) is 0. The zero-order chi connectivity index (χ0) is 5.98. The number of halogens is 1. The lowest BCUT2D eigenvalue weighted by Gasteiger charge is -1.95. The van der Waals surface area contributed by atoms with Gasteiger partial charge in [0.05, 0.1) is 0 Å². The van der Waals surface area contributed by atoms with Crippen LogP contribution in [0.2, 0.25) is 0 Å². The molecule has 0 saturated carbocycles. The molecule has 1 rings (SSSR count). The topological polar surface area (TPSA) is 12.0 Å². The van der Waals surface area contributed by atoms with Crippen LogP contribution in [0.4, 0.5) is 0 Å². The summed E-state index contributed by atoms with van der Waals surface area (Å²) in [7, 11) is 0. The minimum absolute atomic E-state index is 0.504. The third kappa shape index (κ3) is 1.50. The molecule has 0 radical (unpaired) electrons. The number of nitrogens with one attached hydrogen (secondary N) is 1. The molecule has 1 unspecified atom stereocenters. The van der Waals surface area contributed by atoms with Gasteiger partial charge in [0.15, 0.2) is 0 Å². The highest BCUT2D eigenvalue weighted by Crippen LogP contribution is 2.18. The lowest BCUT2D eigenvalue weighted by molar-refractivity contribution is 0.901. The molecule has 1 N–H and O–H groups in total. The molecule has 1 nitrogen and oxygen atoms in total. The molecule has 8 heavy (non-hydrogen) atoms. The molecular formula is C4H6ClNS2. The monoisotopic (exact) mass is 167 g/mol. The SMILES string of the molecule is S=C1NCC(CCl)S1. The summed E-state index contributed by atoms with van der Waals surface area (Å²) in [6.07, 6.45) is 0. The molecule has 1 heterocycles. The molecule has 1 atom stereocenters. The van der Waals surface area contributed by atoms with Gasteiger partial charge < -0.3 is 5.32 Å². The van der Waals surface area contributed by atoms with Crippen molar-refractivity contribution in [3.63, 3.8) is 0 Å². The van der Waals surface area contributed by atoms with Crippen LogP contribution in [0.25, 0.3) is 0 Å². The van der Waals surface area contributed by atoms with Crippen molar-refractivity contribution in [2.24, 2.45) is 0 Å². The summed E-state index contributed by atoms with van der Waals surface area (Å²) in [5, 5.41) is 3.53. The van der Waals surface area contributed by atoms with E-state index in [9.17, 15) is 0 Å². The number of rotatable bonds is 1. The maximum absolute atomic E-state index is 5.55. The quantitative estimate of drug-likeness (QED) is 0.466. The molecule has 0 aromatic rings. The molecule has 0 aromatic carbocycles.